The number of phosphoric acid groups is 2. The van der Waals surface area contributed by atoms with Gasteiger partial charge in [0.05, 0.1) is 0 Å². The first-order chi connectivity index (χ1) is 4.00. The fourth-order valence-corrected chi connectivity index (χ4v) is 0. The summed E-state index contributed by atoms with van der Waals surface area (Å²) < 4.78 is 17.1. The molecule has 0 amide bonds. The summed E-state index contributed by atoms with van der Waals surface area (Å²) in [5.74, 6) is 0. The summed E-state index contributed by atoms with van der Waals surface area (Å²) in [6, 6.07) is 0. The number of hydrogen-bond donors (Lipinski definition) is 0. The molecule has 0 saturated carbocycles. The van der Waals surface area contributed by atoms with E-state index in [0.29, 0.717) is 0 Å². The topological polar surface area (TPSA) is 172 Å². The van der Waals surface area contributed by atoms with Crippen molar-refractivity contribution in [1.82, 2.24) is 0 Å². The molecule has 0 atom stereocenters. The van der Waals surface area contributed by atoms with E-state index in [-0.39, 0.29) is 113 Å². The Morgan fingerprint density at radius 1 is 0.538 bits per heavy atom. The Bertz CT molecular complexity index is 130. The maximum absolute atomic E-state index is 8.55. The van der Waals surface area contributed by atoms with Crippen molar-refractivity contribution in [2.45, 2.75) is 0 Å². The molecular formula is Ca3O8P2-6. The normalized spacial score (nSPS) is 9.08. The predicted molar refractivity (Wildman–Crippen MR) is 32.5 cm³/mol. The van der Waals surface area contributed by atoms with E-state index in [2.05, 4.69) is 0 Å². The molecule has 13 heavy (non-hydrogen) atoms. The molecule has 6 radical (unpaired) electrons. The molecular weight excluding hydrogens is 310 g/mol. The van der Waals surface area contributed by atoms with Crippen LogP contribution in [0, 0.1) is 0 Å². The molecule has 0 aromatic carbocycles. The Labute approximate surface area is 164 Å². The summed E-state index contributed by atoms with van der Waals surface area (Å²) in [6.07, 6.45) is 0. The van der Waals surface area contributed by atoms with E-state index < -0.39 is 15.6 Å². The second-order valence-electron chi connectivity index (χ2n) is 0.894. The number of hydrogen-bond acceptors (Lipinski definition) is 8. The van der Waals surface area contributed by atoms with Crippen LogP contribution in [0.3, 0.4) is 0 Å². The second-order valence-corrected chi connectivity index (χ2v) is 2.68. The van der Waals surface area contributed by atoms with E-state index in [1.165, 1.54) is 0 Å². The average Bonchev–Trinajstić information content (AvgIpc) is 1.12. The maximum atomic E-state index is 8.55. The van der Waals surface area contributed by atoms with Crippen molar-refractivity contribution >= 4 is 129 Å². The SMILES string of the molecule is O=P([O-])([O-])[O-].O=P([O-])([O-])[O-].[Ca].[Ca].[Ca]. The van der Waals surface area contributed by atoms with E-state index in [1.54, 1.807) is 0 Å². The van der Waals surface area contributed by atoms with E-state index >= 15 is 0 Å². The van der Waals surface area contributed by atoms with Gasteiger partial charge in [-0.1, -0.05) is 0 Å². The number of rotatable bonds is 0. The van der Waals surface area contributed by atoms with Gasteiger partial charge in [0, 0.05) is 113 Å². The van der Waals surface area contributed by atoms with Crippen molar-refractivity contribution in [3.63, 3.8) is 0 Å². The van der Waals surface area contributed by atoms with Crippen LogP contribution in [0.15, 0.2) is 0 Å². The molecule has 0 heterocycles. The average molecular weight is 310 g/mol. The molecule has 0 rings (SSSR count). The van der Waals surface area contributed by atoms with Crippen molar-refractivity contribution in [3.8, 4) is 0 Å². The minimum absolute atomic E-state index is 0. The molecule has 0 fully saturated rings. The fourth-order valence-electron chi connectivity index (χ4n) is 0. The van der Waals surface area contributed by atoms with E-state index in [9.17, 15) is 0 Å². The summed E-state index contributed by atoms with van der Waals surface area (Å²) in [5, 5.41) is 0. The van der Waals surface area contributed by atoms with Gasteiger partial charge in [-0.15, -0.1) is 0 Å². The molecule has 0 saturated heterocycles. The van der Waals surface area contributed by atoms with Gasteiger partial charge in [-0.2, -0.15) is 15.6 Å². The third kappa shape index (κ3) is 196. The fraction of sp³-hybridized carbons (Fsp3) is 0. The van der Waals surface area contributed by atoms with Gasteiger partial charge in [0.25, 0.3) is 0 Å². The van der Waals surface area contributed by atoms with Crippen LogP contribution >= 0.6 is 15.6 Å². The van der Waals surface area contributed by atoms with Crippen molar-refractivity contribution in [2.24, 2.45) is 0 Å². The second kappa shape index (κ2) is 14.1. The molecule has 0 aliphatic rings. The largest absolute Gasteiger partial charge is 0.822 e. The van der Waals surface area contributed by atoms with E-state index in [1.807, 2.05) is 0 Å². The first kappa shape index (κ1) is 30.2. The monoisotopic (exact) mass is 310 g/mol. The maximum Gasteiger partial charge on any atom is 0 e. The van der Waals surface area contributed by atoms with Crippen molar-refractivity contribution < 1.29 is 38.5 Å². The van der Waals surface area contributed by atoms with E-state index in [0.717, 1.165) is 0 Å². The van der Waals surface area contributed by atoms with Crippen LogP contribution in [0.5, 0.6) is 0 Å². The third-order valence-corrected chi connectivity index (χ3v) is 0. The Balaban J connectivity index is -0.0000000267. The standard InChI is InChI=1S/3Ca.2H3O4P/c;;;2*1-5(2,3)4/h;;;2*(H3,1,2,3,4)/p-6. The van der Waals surface area contributed by atoms with Gasteiger partial charge in [-0.3, -0.25) is 0 Å². The minimum atomic E-state index is -5.39. The molecule has 8 nitrogen and oxygen atoms in total. The molecule has 70 valence electrons. The zero-order chi connectivity index (χ0) is 9.00. The van der Waals surface area contributed by atoms with Gasteiger partial charge in [0.1, 0.15) is 0 Å². The molecule has 0 unspecified atom stereocenters. The molecule has 0 spiro atoms. The molecule has 0 aliphatic carbocycles. The Kier molecular flexibility index (Phi) is 32.7. The van der Waals surface area contributed by atoms with Crippen LogP contribution < -0.4 is 29.4 Å². The van der Waals surface area contributed by atoms with Crippen LogP contribution in [-0.4, -0.2) is 113 Å². The molecule has 0 aliphatic heterocycles. The quantitative estimate of drug-likeness (QED) is 0.313. The Morgan fingerprint density at radius 2 is 0.538 bits per heavy atom. The van der Waals surface area contributed by atoms with Gasteiger partial charge < -0.3 is 38.5 Å². The van der Waals surface area contributed by atoms with Crippen LogP contribution in [0.4, 0.5) is 0 Å². The summed E-state index contributed by atoms with van der Waals surface area (Å²) >= 11 is 0. The van der Waals surface area contributed by atoms with Gasteiger partial charge in [-0.05, 0) is 0 Å². The zero-order valence-electron chi connectivity index (χ0n) is 6.28. The Morgan fingerprint density at radius 3 is 0.538 bits per heavy atom. The first-order valence-electron chi connectivity index (χ1n) is 1.46. The van der Waals surface area contributed by atoms with Crippen molar-refractivity contribution in [1.29, 1.82) is 0 Å². The Hall–Kier alpha value is 4.00. The van der Waals surface area contributed by atoms with Crippen molar-refractivity contribution in [3.05, 3.63) is 0 Å². The molecule has 0 bridgehead atoms. The van der Waals surface area contributed by atoms with E-state index in [4.69, 9.17) is 38.5 Å². The van der Waals surface area contributed by atoms with Crippen LogP contribution in [0.2, 0.25) is 0 Å². The van der Waals surface area contributed by atoms with Gasteiger partial charge in [0.2, 0.25) is 0 Å². The predicted octanol–water partition coefficient (Wildman–Crippen LogP) is -6.79. The molecule has 0 aromatic rings. The molecule has 0 aromatic heterocycles. The first-order valence-corrected chi connectivity index (χ1v) is 4.38. The van der Waals surface area contributed by atoms with Crippen LogP contribution in [-0.2, 0) is 9.13 Å². The third-order valence-electron chi connectivity index (χ3n) is 0. The van der Waals surface area contributed by atoms with Gasteiger partial charge in [-0.25, -0.2) is 0 Å². The smallest absolute Gasteiger partial charge is 0 e. The minimum Gasteiger partial charge on any atom is -0.822 e. The van der Waals surface area contributed by atoms with Crippen molar-refractivity contribution in [2.75, 3.05) is 0 Å². The summed E-state index contributed by atoms with van der Waals surface area (Å²) in [7, 11) is -10.8. The van der Waals surface area contributed by atoms with Crippen LogP contribution in [0.1, 0.15) is 0 Å². The van der Waals surface area contributed by atoms with Gasteiger partial charge >= 0.3 is 0 Å². The van der Waals surface area contributed by atoms with Gasteiger partial charge in [0.15, 0.2) is 0 Å². The van der Waals surface area contributed by atoms with Crippen LogP contribution in [0.25, 0.3) is 0 Å². The summed E-state index contributed by atoms with van der Waals surface area (Å²) in [6.45, 7) is 0. The summed E-state index contributed by atoms with van der Waals surface area (Å²) in [4.78, 5) is 51.3. The summed E-state index contributed by atoms with van der Waals surface area (Å²) in [5.41, 5.74) is 0. The molecule has 0 N–H and O–H groups in total. The zero-order valence-corrected chi connectivity index (χ0v) is 14.7. The molecule has 13 heteroatoms.